The van der Waals surface area contributed by atoms with Crippen LogP contribution < -0.4 is 5.32 Å². The molecule has 2 N–H and O–H groups in total. The number of ether oxygens (including phenoxy) is 2. The summed E-state index contributed by atoms with van der Waals surface area (Å²) < 4.78 is 10.6. The maximum Gasteiger partial charge on any atom is 0.225 e. The lowest BCUT2D eigenvalue weighted by Crippen LogP contribution is -2.16. The molecule has 1 amide bonds. The molecule has 1 atom stereocenters. The van der Waals surface area contributed by atoms with Crippen molar-refractivity contribution in [2.45, 2.75) is 31.6 Å². The maximum atomic E-state index is 11.9. The zero-order valence-corrected chi connectivity index (χ0v) is 11.6. The van der Waals surface area contributed by atoms with E-state index in [1.54, 1.807) is 0 Å². The van der Waals surface area contributed by atoms with Crippen LogP contribution in [0.1, 0.15) is 37.3 Å². The molecule has 3 rings (SSSR count). The summed E-state index contributed by atoms with van der Waals surface area (Å²) in [6, 6.07) is 1.94. The predicted molar refractivity (Wildman–Crippen MR) is 73.6 cm³/mol. The number of rotatable bonds is 4. The molecular formula is C14H21N3O3. The summed E-state index contributed by atoms with van der Waals surface area (Å²) >= 11 is 0. The number of nitrogens with one attached hydrogen (secondary N) is 2. The highest BCUT2D eigenvalue weighted by molar-refractivity contribution is 5.89. The van der Waals surface area contributed by atoms with E-state index in [1.807, 2.05) is 6.07 Å². The van der Waals surface area contributed by atoms with Gasteiger partial charge in [-0.1, -0.05) is 0 Å². The molecule has 0 radical (unpaired) electrons. The van der Waals surface area contributed by atoms with E-state index in [1.165, 1.54) is 0 Å². The van der Waals surface area contributed by atoms with Gasteiger partial charge in [0.2, 0.25) is 5.91 Å². The van der Waals surface area contributed by atoms with Crippen molar-refractivity contribution < 1.29 is 14.3 Å². The summed E-state index contributed by atoms with van der Waals surface area (Å²) in [7, 11) is 0. The van der Waals surface area contributed by atoms with Crippen molar-refractivity contribution in [1.82, 2.24) is 10.2 Å². The van der Waals surface area contributed by atoms with Gasteiger partial charge in [-0.25, -0.2) is 0 Å². The molecule has 1 unspecified atom stereocenters. The number of aromatic nitrogens is 2. The van der Waals surface area contributed by atoms with Gasteiger partial charge >= 0.3 is 0 Å². The van der Waals surface area contributed by atoms with Crippen molar-refractivity contribution in [2.75, 3.05) is 31.7 Å². The predicted octanol–water partition coefficient (Wildman–Crippen LogP) is 1.67. The topological polar surface area (TPSA) is 76.2 Å². The molecular weight excluding hydrogens is 258 g/mol. The molecule has 0 aromatic carbocycles. The molecule has 1 aromatic heterocycles. The van der Waals surface area contributed by atoms with Crippen LogP contribution in [-0.4, -0.2) is 42.5 Å². The van der Waals surface area contributed by atoms with Crippen LogP contribution in [0.25, 0.3) is 0 Å². The van der Waals surface area contributed by atoms with E-state index in [9.17, 15) is 4.79 Å². The van der Waals surface area contributed by atoms with Crippen molar-refractivity contribution >= 4 is 11.7 Å². The molecule has 0 bridgehead atoms. The number of hydrogen-bond acceptors (Lipinski definition) is 4. The first-order chi connectivity index (χ1) is 9.81. The average Bonchev–Trinajstić information content (AvgIpc) is 3.11. The summed E-state index contributed by atoms with van der Waals surface area (Å²) in [5.41, 5.74) is 1.09. The molecule has 20 heavy (non-hydrogen) atoms. The van der Waals surface area contributed by atoms with Crippen LogP contribution in [0.5, 0.6) is 0 Å². The molecule has 1 aromatic rings. The molecule has 110 valence electrons. The van der Waals surface area contributed by atoms with Gasteiger partial charge in [0.25, 0.3) is 0 Å². The fourth-order valence-corrected chi connectivity index (χ4v) is 2.82. The first kappa shape index (κ1) is 13.6. The Labute approximate surface area is 118 Å². The fraction of sp³-hybridized carbons (Fsp3) is 0.714. The zero-order chi connectivity index (χ0) is 13.8. The minimum Gasteiger partial charge on any atom is -0.381 e. The molecule has 3 heterocycles. The minimum atomic E-state index is 0.0190. The van der Waals surface area contributed by atoms with Crippen molar-refractivity contribution in [2.24, 2.45) is 5.92 Å². The van der Waals surface area contributed by atoms with Gasteiger partial charge in [0, 0.05) is 50.5 Å². The lowest BCUT2D eigenvalue weighted by molar-refractivity contribution is -0.117. The normalized spacial score (nSPS) is 23.9. The van der Waals surface area contributed by atoms with Crippen molar-refractivity contribution in [1.29, 1.82) is 0 Å². The van der Waals surface area contributed by atoms with Crippen molar-refractivity contribution in [3.63, 3.8) is 0 Å². The molecule has 2 aliphatic heterocycles. The highest BCUT2D eigenvalue weighted by Gasteiger charge is 2.21. The lowest BCUT2D eigenvalue weighted by Gasteiger charge is -2.20. The number of aromatic amines is 1. The summed E-state index contributed by atoms with van der Waals surface area (Å²) in [4.78, 5) is 11.9. The maximum absolute atomic E-state index is 11.9. The first-order valence-corrected chi connectivity index (χ1v) is 7.32. The van der Waals surface area contributed by atoms with Gasteiger partial charge in [-0.05, 0) is 25.2 Å². The van der Waals surface area contributed by atoms with Crippen molar-refractivity contribution in [3.8, 4) is 0 Å². The molecule has 2 fully saturated rings. The van der Waals surface area contributed by atoms with Gasteiger partial charge in [0.05, 0.1) is 0 Å². The van der Waals surface area contributed by atoms with Gasteiger partial charge < -0.3 is 14.8 Å². The van der Waals surface area contributed by atoms with E-state index in [2.05, 4.69) is 15.5 Å². The van der Waals surface area contributed by atoms with Gasteiger partial charge in [-0.2, -0.15) is 5.10 Å². The molecule has 0 saturated carbocycles. The van der Waals surface area contributed by atoms with Crippen LogP contribution in [-0.2, 0) is 14.3 Å². The Morgan fingerprint density at radius 2 is 2.10 bits per heavy atom. The Morgan fingerprint density at radius 1 is 1.30 bits per heavy atom. The number of H-pyrrole nitrogens is 1. The molecule has 0 spiro atoms. The Balaban J connectivity index is 1.52. The Hall–Kier alpha value is -1.40. The number of hydrogen-bond donors (Lipinski definition) is 2. The minimum absolute atomic E-state index is 0.0190. The average molecular weight is 279 g/mol. The van der Waals surface area contributed by atoms with E-state index < -0.39 is 0 Å². The van der Waals surface area contributed by atoms with Gasteiger partial charge in [-0.15, -0.1) is 0 Å². The standard InChI is InChI=1S/C14H21N3O3/c18-14(7-10-1-4-20-9-10)15-13-8-12(16-17-13)11-2-5-19-6-3-11/h8,10-11H,1-7,9H2,(H2,15,16,17,18). The lowest BCUT2D eigenvalue weighted by atomic mass is 9.97. The second-order valence-electron chi connectivity index (χ2n) is 5.58. The SMILES string of the molecule is O=C(CC1CCOC1)Nc1cc(C2CCOCC2)[nH]n1. The largest absolute Gasteiger partial charge is 0.381 e. The van der Waals surface area contributed by atoms with Crippen LogP contribution >= 0.6 is 0 Å². The molecule has 6 nitrogen and oxygen atoms in total. The monoisotopic (exact) mass is 279 g/mol. The van der Waals surface area contributed by atoms with E-state index in [0.717, 1.165) is 44.8 Å². The second-order valence-corrected chi connectivity index (χ2v) is 5.58. The van der Waals surface area contributed by atoms with Crippen LogP contribution in [0.4, 0.5) is 5.82 Å². The number of carbonyl (C=O) groups excluding carboxylic acids is 1. The second kappa shape index (κ2) is 6.37. The van der Waals surface area contributed by atoms with Crippen LogP contribution in [0, 0.1) is 5.92 Å². The molecule has 0 aliphatic carbocycles. The highest BCUT2D eigenvalue weighted by Crippen LogP contribution is 2.26. The number of carbonyl (C=O) groups is 1. The summed E-state index contributed by atoms with van der Waals surface area (Å²) in [5.74, 6) is 1.45. The number of anilines is 1. The van der Waals surface area contributed by atoms with Gasteiger partial charge in [-0.3, -0.25) is 9.89 Å². The highest BCUT2D eigenvalue weighted by atomic mass is 16.5. The summed E-state index contributed by atoms with van der Waals surface area (Å²) in [6.45, 7) is 3.07. The molecule has 6 heteroatoms. The van der Waals surface area contributed by atoms with E-state index >= 15 is 0 Å². The number of nitrogens with zero attached hydrogens (tertiary/aromatic N) is 1. The zero-order valence-electron chi connectivity index (χ0n) is 11.6. The summed E-state index contributed by atoms with van der Waals surface area (Å²) in [6.07, 6.45) is 3.50. The number of amides is 1. The van der Waals surface area contributed by atoms with E-state index in [4.69, 9.17) is 9.47 Å². The van der Waals surface area contributed by atoms with E-state index in [-0.39, 0.29) is 5.91 Å². The summed E-state index contributed by atoms with van der Waals surface area (Å²) in [5, 5.41) is 10.1. The Morgan fingerprint density at radius 3 is 2.85 bits per heavy atom. The Kier molecular flexibility index (Phi) is 4.32. The third-order valence-corrected chi connectivity index (χ3v) is 4.02. The van der Waals surface area contributed by atoms with Crippen LogP contribution in [0.3, 0.4) is 0 Å². The van der Waals surface area contributed by atoms with Crippen LogP contribution in [0.15, 0.2) is 6.07 Å². The van der Waals surface area contributed by atoms with Crippen LogP contribution in [0.2, 0.25) is 0 Å². The molecule has 2 aliphatic rings. The molecule has 2 saturated heterocycles. The van der Waals surface area contributed by atoms with Gasteiger partial charge in [0.15, 0.2) is 5.82 Å². The Bertz CT molecular complexity index is 448. The third-order valence-electron chi connectivity index (χ3n) is 4.02. The third kappa shape index (κ3) is 3.37. The first-order valence-electron chi connectivity index (χ1n) is 7.32. The fourth-order valence-electron chi connectivity index (χ4n) is 2.82. The van der Waals surface area contributed by atoms with E-state index in [0.29, 0.717) is 30.7 Å². The quantitative estimate of drug-likeness (QED) is 0.879. The van der Waals surface area contributed by atoms with Gasteiger partial charge in [0.1, 0.15) is 0 Å². The smallest absolute Gasteiger partial charge is 0.225 e. The van der Waals surface area contributed by atoms with Crippen molar-refractivity contribution in [3.05, 3.63) is 11.8 Å².